The molecular formula is C14H22N2. The van der Waals surface area contributed by atoms with Crippen molar-refractivity contribution < 1.29 is 0 Å². The minimum absolute atomic E-state index is 0.200. The van der Waals surface area contributed by atoms with Crippen molar-refractivity contribution in [3.05, 3.63) is 35.4 Å². The van der Waals surface area contributed by atoms with Crippen LogP contribution in [0.3, 0.4) is 0 Å². The number of nitrogens with one attached hydrogen (secondary N) is 1. The first-order valence-corrected chi connectivity index (χ1v) is 6.28. The van der Waals surface area contributed by atoms with E-state index >= 15 is 0 Å². The van der Waals surface area contributed by atoms with Crippen molar-refractivity contribution in [1.29, 1.82) is 0 Å². The second-order valence-corrected chi connectivity index (χ2v) is 4.97. The van der Waals surface area contributed by atoms with Gasteiger partial charge < -0.3 is 11.1 Å². The van der Waals surface area contributed by atoms with Crippen LogP contribution in [0, 0.1) is 12.8 Å². The molecule has 1 fully saturated rings. The average Bonchev–Trinajstić information content (AvgIpc) is 2.31. The van der Waals surface area contributed by atoms with Crippen LogP contribution >= 0.6 is 0 Å². The van der Waals surface area contributed by atoms with E-state index in [-0.39, 0.29) is 6.04 Å². The van der Waals surface area contributed by atoms with Crippen molar-refractivity contribution in [2.75, 3.05) is 13.1 Å². The fourth-order valence-electron chi connectivity index (χ4n) is 2.43. The van der Waals surface area contributed by atoms with Crippen LogP contribution in [-0.4, -0.2) is 13.1 Å². The van der Waals surface area contributed by atoms with Gasteiger partial charge in [-0.15, -0.1) is 0 Å². The first kappa shape index (κ1) is 11.6. The van der Waals surface area contributed by atoms with Crippen molar-refractivity contribution in [2.24, 2.45) is 11.7 Å². The molecule has 2 atom stereocenters. The quantitative estimate of drug-likeness (QED) is 0.817. The molecule has 2 nitrogen and oxygen atoms in total. The molecule has 0 aromatic heterocycles. The summed E-state index contributed by atoms with van der Waals surface area (Å²) in [4.78, 5) is 0. The zero-order valence-corrected chi connectivity index (χ0v) is 10.1. The molecule has 2 unspecified atom stereocenters. The highest BCUT2D eigenvalue weighted by atomic mass is 14.9. The Morgan fingerprint density at radius 2 is 2.12 bits per heavy atom. The van der Waals surface area contributed by atoms with E-state index < -0.39 is 0 Å². The van der Waals surface area contributed by atoms with Crippen molar-refractivity contribution >= 4 is 0 Å². The normalized spacial score (nSPS) is 23.0. The van der Waals surface area contributed by atoms with Crippen LogP contribution in [0.25, 0.3) is 0 Å². The Kier molecular flexibility index (Phi) is 3.97. The summed E-state index contributed by atoms with van der Waals surface area (Å²) in [5.41, 5.74) is 8.82. The Hall–Kier alpha value is -0.860. The lowest BCUT2D eigenvalue weighted by molar-refractivity contribution is 0.337. The van der Waals surface area contributed by atoms with Crippen LogP contribution in [0.15, 0.2) is 24.3 Å². The summed E-state index contributed by atoms with van der Waals surface area (Å²) >= 11 is 0. The van der Waals surface area contributed by atoms with E-state index in [9.17, 15) is 0 Å². The SMILES string of the molecule is Cc1ccc(C(N)CC2CCCNC2)cc1. The number of hydrogen-bond acceptors (Lipinski definition) is 2. The second-order valence-electron chi connectivity index (χ2n) is 4.97. The third kappa shape index (κ3) is 3.06. The van der Waals surface area contributed by atoms with Gasteiger partial charge in [-0.25, -0.2) is 0 Å². The number of benzene rings is 1. The molecule has 0 bridgehead atoms. The molecule has 0 radical (unpaired) electrons. The summed E-state index contributed by atoms with van der Waals surface area (Å²) in [7, 11) is 0. The number of rotatable bonds is 3. The van der Waals surface area contributed by atoms with Gasteiger partial charge in [0.15, 0.2) is 0 Å². The predicted octanol–water partition coefficient (Wildman–Crippen LogP) is 2.38. The maximum absolute atomic E-state index is 6.25. The molecule has 0 spiro atoms. The van der Waals surface area contributed by atoms with Gasteiger partial charge in [0.1, 0.15) is 0 Å². The second kappa shape index (κ2) is 5.46. The maximum atomic E-state index is 6.25. The first-order chi connectivity index (χ1) is 7.75. The summed E-state index contributed by atoms with van der Waals surface area (Å²) < 4.78 is 0. The average molecular weight is 218 g/mol. The summed E-state index contributed by atoms with van der Waals surface area (Å²) in [6.45, 7) is 4.43. The number of hydrogen-bond donors (Lipinski definition) is 2. The van der Waals surface area contributed by atoms with Crippen molar-refractivity contribution in [1.82, 2.24) is 5.32 Å². The minimum atomic E-state index is 0.200. The van der Waals surface area contributed by atoms with Crippen molar-refractivity contribution in [2.45, 2.75) is 32.2 Å². The lowest BCUT2D eigenvalue weighted by atomic mass is 9.90. The summed E-state index contributed by atoms with van der Waals surface area (Å²) in [6.07, 6.45) is 3.73. The highest BCUT2D eigenvalue weighted by molar-refractivity contribution is 5.23. The number of aryl methyl sites for hydroxylation is 1. The van der Waals surface area contributed by atoms with E-state index in [0.29, 0.717) is 0 Å². The smallest absolute Gasteiger partial charge is 0.0297 e. The van der Waals surface area contributed by atoms with E-state index in [2.05, 4.69) is 36.5 Å². The number of nitrogens with two attached hydrogens (primary N) is 1. The van der Waals surface area contributed by atoms with Gasteiger partial charge in [0.05, 0.1) is 0 Å². The Bertz CT molecular complexity index is 312. The molecular weight excluding hydrogens is 196 g/mol. The number of piperidine rings is 1. The lowest BCUT2D eigenvalue weighted by Crippen LogP contribution is -2.31. The van der Waals surface area contributed by atoms with E-state index in [1.165, 1.54) is 30.5 Å². The first-order valence-electron chi connectivity index (χ1n) is 6.28. The fourth-order valence-corrected chi connectivity index (χ4v) is 2.43. The Balaban J connectivity index is 1.91. The molecule has 1 aliphatic heterocycles. The Labute approximate surface area is 98.2 Å². The molecule has 2 heteroatoms. The van der Waals surface area contributed by atoms with Gasteiger partial charge in [0.2, 0.25) is 0 Å². The van der Waals surface area contributed by atoms with Crippen LogP contribution < -0.4 is 11.1 Å². The third-order valence-electron chi connectivity index (χ3n) is 3.49. The molecule has 2 rings (SSSR count). The molecule has 1 aliphatic rings. The lowest BCUT2D eigenvalue weighted by Gasteiger charge is -2.25. The van der Waals surface area contributed by atoms with Crippen molar-refractivity contribution in [3.8, 4) is 0 Å². The van der Waals surface area contributed by atoms with Crippen LogP contribution in [0.2, 0.25) is 0 Å². The molecule has 16 heavy (non-hydrogen) atoms. The zero-order chi connectivity index (χ0) is 11.4. The van der Waals surface area contributed by atoms with Gasteiger partial charge in [0, 0.05) is 6.04 Å². The molecule has 1 saturated heterocycles. The van der Waals surface area contributed by atoms with Crippen LogP contribution in [0.4, 0.5) is 0 Å². The predicted molar refractivity (Wildman–Crippen MR) is 68.3 cm³/mol. The van der Waals surface area contributed by atoms with Gasteiger partial charge in [-0.1, -0.05) is 29.8 Å². The maximum Gasteiger partial charge on any atom is 0.0297 e. The molecule has 1 heterocycles. The van der Waals surface area contributed by atoms with E-state index in [1.54, 1.807) is 0 Å². The van der Waals surface area contributed by atoms with Crippen molar-refractivity contribution in [3.63, 3.8) is 0 Å². The van der Waals surface area contributed by atoms with Gasteiger partial charge >= 0.3 is 0 Å². The molecule has 0 saturated carbocycles. The topological polar surface area (TPSA) is 38.0 Å². The van der Waals surface area contributed by atoms with Crippen LogP contribution in [0.5, 0.6) is 0 Å². The molecule has 3 N–H and O–H groups in total. The highest BCUT2D eigenvalue weighted by Crippen LogP contribution is 2.23. The van der Waals surface area contributed by atoms with Gasteiger partial charge in [0.25, 0.3) is 0 Å². The van der Waals surface area contributed by atoms with E-state index in [4.69, 9.17) is 5.73 Å². The fraction of sp³-hybridized carbons (Fsp3) is 0.571. The third-order valence-corrected chi connectivity index (χ3v) is 3.49. The Morgan fingerprint density at radius 1 is 1.38 bits per heavy atom. The monoisotopic (exact) mass is 218 g/mol. The zero-order valence-electron chi connectivity index (χ0n) is 10.1. The van der Waals surface area contributed by atoms with E-state index in [1.807, 2.05) is 0 Å². The largest absolute Gasteiger partial charge is 0.324 e. The molecule has 88 valence electrons. The van der Waals surface area contributed by atoms with Gasteiger partial charge in [-0.3, -0.25) is 0 Å². The van der Waals surface area contributed by atoms with Crippen LogP contribution in [-0.2, 0) is 0 Å². The summed E-state index contributed by atoms with van der Waals surface area (Å²) in [5, 5.41) is 3.45. The standard InChI is InChI=1S/C14H22N2/c1-11-4-6-13(7-5-11)14(15)9-12-3-2-8-16-10-12/h4-7,12,14,16H,2-3,8-10,15H2,1H3. The van der Waals surface area contributed by atoms with Gasteiger partial charge in [-0.2, -0.15) is 0 Å². The summed E-state index contributed by atoms with van der Waals surface area (Å²) in [5.74, 6) is 0.755. The molecule has 1 aromatic rings. The highest BCUT2D eigenvalue weighted by Gasteiger charge is 2.17. The minimum Gasteiger partial charge on any atom is -0.324 e. The molecule has 0 aliphatic carbocycles. The molecule has 0 amide bonds. The van der Waals surface area contributed by atoms with Crippen LogP contribution in [0.1, 0.15) is 36.4 Å². The van der Waals surface area contributed by atoms with E-state index in [0.717, 1.165) is 18.9 Å². The molecule has 1 aromatic carbocycles. The Morgan fingerprint density at radius 3 is 2.75 bits per heavy atom. The van der Waals surface area contributed by atoms with Gasteiger partial charge in [-0.05, 0) is 50.8 Å². The summed E-state index contributed by atoms with van der Waals surface area (Å²) in [6, 6.07) is 8.82.